The van der Waals surface area contributed by atoms with Gasteiger partial charge in [-0.3, -0.25) is 0 Å². The third-order valence-electron chi connectivity index (χ3n) is 2.96. The van der Waals surface area contributed by atoms with Gasteiger partial charge in [-0.2, -0.15) is 0 Å². The normalized spacial score (nSPS) is 14.2. The van der Waals surface area contributed by atoms with Crippen LogP contribution < -0.4 is 5.32 Å². The summed E-state index contributed by atoms with van der Waals surface area (Å²) in [5.74, 6) is 0. The summed E-state index contributed by atoms with van der Waals surface area (Å²) in [5, 5.41) is 14.5. The van der Waals surface area contributed by atoms with E-state index in [4.69, 9.17) is 34.8 Å². The highest BCUT2D eigenvalue weighted by Crippen LogP contribution is 2.28. The van der Waals surface area contributed by atoms with E-state index in [-0.39, 0.29) is 6.04 Å². The molecule has 0 bridgehead atoms. The summed E-state index contributed by atoms with van der Waals surface area (Å²) in [4.78, 5) is 1.12. The van der Waals surface area contributed by atoms with Gasteiger partial charge in [0.05, 0.1) is 10.4 Å². The van der Waals surface area contributed by atoms with Crippen molar-refractivity contribution in [2.24, 2.45) is 0 Å². The molecule has 0 spiro atoms. The first kappa shape index (κ1) is 16.1. The topological polar surface area (TPSA) is 32.3 Å². The van der Waals surface area contributed by atoms with E-state index >= 15 is 0 Å². The summed E-state index contributed by atoms with van der Waals surface area (Å²) in [6, 6.07) is 9.02. The first-order chi connectivity index (χ1) is 9.47. The lowest BCUT2D eigenvalue weighted by Crippen LogP contribution is -2.24. The predicted molar refractivity (Wildman–Crippen MR) is 87.2 cm³/mol. The Balaban J connectivity index is 1.98. The van der Waals surface area contributed by atoms with Gasteiger partial charge < -0.3 is 10.4 Å². The quantitative estimate of drug-likeness (QED) is 0.787. The highest BCUT2D eigenvalue weighted by Gasteiger charge is 2.14. The van der Waals surface area contributed by atoms with Crippen molar-refractivity contribution < 1.29 is 5.11 Å². The van der Waals surface area contributed by atoms with Crippen LogP contribution in [-0.2, 0) is 0 Å². The molecule has 2 nitrogen and oxygen atoms in total. The maximum Gasteiger partial charge on any atom is 0.0931 e. The van der Waals surface area contributed by atoms with Crippen molar-refractivity contribution in [2.45, 2.75) is 19.1 Å². The first-order valence-corrected chi connectivity index (χ1v) is 8.04. The molecule has 0 saturated heterocycles. The van der Waals surface area contributed by atoms with Crippen molar-refractivity contribution in [3.05, 3.63) is 55.2 Å². The molecule has 0 radical (unpaired) electrons. The molecule has 0 fully saturated rings. The van der Waals surface area contributed by atoms with Crippen LogP contribution in [0.5, 0.6) is 0 Å². The zero-order valence-corrected chi connectivity index (χ0v) is 13.8. The minimum atomic E-state index is -0.709. The maximum absolute atomic E-state index is 10.2. The van der Waals surface area contributed by atoms with E-state index in [9.17, 15) is 5.11 Å². The minimum Gasteiger partial charge on any atom is -0.387 e. The van der Waals surface area contributed by atoms with Crippen LogP contribution >= 0.6 is 46.1 Å². The molecule has 2 unspecified atom stereocenters. The summed E-state index contributed by atoms with van der Waals surface area (Å²) in [6.07, 6.45) is -0.709. The van der Waals surface area contributed by atoms with Crippen LogP contribution in [-0.4, -0.2) is 11.7 Å². The lowest BCUT2D eigenvalue weighted by atomic mass is 10.1. The molecule has 108 valence electrons. The standard InChI is InChI=1S/C14H14Cl3NOS/c1-8(13-4-5-14(17)20-13)18-7-12(19)10-6-9(15)2-3-11(10)16/h2-6,8,12,18-19H,7H2,1H3. The van der Waals surface area contributed by atoms with E-state index in [0.717, 1.165) is 9.21 Å². The Morgan fingerprint density at radius 3 is 2.60 bits per heavy atom. The zero-order chi connectivity index (χ0) is 14.7. The van der Waals surface area contributed by atoms with Gasteiger partial charge in [-0.05, 0) is 37.3 Å². The number of aliphatic hydroxyl groups excluding tert-OH is 1. The Hall–Kier alpha value is -0.290. The van der Waals surface area contributed by atoms with Gasteiger partial charge in [0.25, 0.3) is 0 Å². The highest BCUT2D eigenvalue weighted by atomic mass is 35.5. The van der Waals surface area contributed by atoms with Crippen LogP contribution in [0.2, 0.25) is 14.4 Å². The zero-order valence-electron chi connectivity index (χ0n) is 10.7. The monoisotopic (exact) mass is 349 g/mol. The van der Waals surface area contributed by atoms with E-state index in [1.807, 2.05) is 19.1 Å². The summed E-state index contributed by atoms with van der Waals surface area (Å²) in [7, 11) is 0. The highest BCUT2D eigenvalue weighted by molar-refractivity contribution is 7.16. The van der Waals surface area contributed by atoms with E-state index in [1.165, 1.54) is 11.3 Å². The number of halogens is 3. The lowest BCUT2D eigenvalue weighted by molar-refractivity contribution is 0.171. The fourth-order valence-electron chi connectivity index (χ4n) is 1.83. The Labute approximate surface area is 137 Å². The van der Waals surface area contributed by atoms with Gasteiger partial charge in [0.1, 0.15) is 0 Å². The van der Waals surface area contributed by atoms with Gasteiger partial charge in [0, 0.05) is 33.1 Å². The van der Waals surface area contributed by atoms with Crippen LogP contribution in [0.3, 0.4) is 0 Å². The largest absolute Gasteiger partial charge is 0.387 e. The van der Waals surface area contributed by atoms with Crippen molar-refractivity contribution in [1.82, 2.24) is 5.32 Å². The van der Waals surface area contributed by atoms with Crippen molar-refractivity contribution in [1.29, 1.82) is 0 Å². The summed E-state index contributed by atoms with van der Waals surface area (Å²) >= 11 is 19.4. The summed E-state index contributed by atoms with van der Waals surface area (Å²) in [5.41, 5.74) is 0.628. The molecule has 20 heavy (non-hydrogen) atoms. The molecule has 6 heteroatoms. The molecule has 2 atom stereocenters. The Kier molecular flexibility index (Phi) is 5.73. The summed E-state index contributed by atoms with van der Waals surface area (Å²) in [6.45, 7) is 2.41. The van der Waals surface area contributed by atoms with Gasteiger partial charge in [-0.15, -0.1) is 11.3 Å². The van der Waals surface area contributed by atoms with E-state index < -0.39 is 6.10 Å². The molecule has 0 amide bonds. The number of benzene rings is 1. The van der Waals surface area contributed by atoms with Crippen LogP contribution in [0.25, 0.3) is 0 Å². The molecule has 0 aliphatic heterocycles. The average Bonchev–Trinajstić information content (AvgIpc) is 2.85. The van der Waals surface area contributed by atoms with Crippen LogP contribution in [0.15, 0.2) is 30.3 Å². The number of aliphatic hydroxyl groups is 1. The first-order valence-electron chi connectivity index (χ1n) is 6.09. The molecule has 1 aromatic carbocycles. The third-order valence-corrected chi connectivity index (χ3v) is 4.95. The van der Waals surface area contributed by atoms with E-state index in [0.29, 0.717) is 22.2 Å². The lowest BCUT2D eigenvalue weighted by Gasteiger charge is -2.17. The molecule has 1 aromatic heterocycles. The number of hydrogen-bond donors (Lipinski definition) is 2. The molecular weight excluding hydrogens is 337 g/mol. The number of nitrogens with one attached hydrogen (secondary N) is 1. The number of rotatable bonds is 5. The van der Waals surface area contributed by atoms with Gasteiger partial charge in [-0.25, -0.2) is 0 Å². The third kappa shape index (κ3) is 4.10. The second-order valence-electron chi connectivity index (χ2n) is 4.45. The van der Waals surface area contributed by atoms with Crippen LogP contribution in [0, 0.1) is 0 Å². The predicted octanol–water partition coefficient (Wildman–Crippen LogP) is 5.09. The number of thiophene rings is 1. The minimum absolute atomic E-state index is 0.111. The molecule has 2 aromatic rings. The Bertz CT molecular complexity index is 588. The van der Waals surface area contributed by atoms with Gasteiger partial charge >= 0.3 is 0 Å². The summed E-state index contributed by atoms with van der Waals surface area (Å²) < 4.78 is 0.757. The van der Waals surface area contributed by atoms with Gasteiger partial charge in [0.2, 0.25) is 0 Å². The van der Waals surface area contributed by atoms with Crippen molar-refractivity contribution in [3.8, 4) is 0 Å². The van der Waals surface area contributed by atoms with E-state index in [2.05, 4.69) is 5.32 Å². The molecule has 1 heterocycles. The second-order valence-corrected chi connectivity index (χ2v) is 7.04. The van der Waals surface area contributed by atoms with Gasteiger partial charge in [0.15, 0.2) is 0 Å². The molecule has 0 saturated carbocycles. The molecule has 0 aliphatic carbocycles. The molecule has 2 N–H and O–H groups in total. The average molecular weight is 351 g/mol. The Morgan fingerprint density at radius 2 is 1.95 bits per heavy atom. The van der Waals surface area contributed by atoms with Crippen LogP contribution in [0.4, 0.5) is 0 Å². The SMILES string of the molecule is CC(NCC(O)c1cc(Cl)ccc1Cl)c1ccc(Cl)s1. The van der Waals surface area contributed by atoms with Crippen LogP contribution in [0.1, 0.15) is 29.5 Å². The van der Waals surface area contributed by atoms with Gasteiger partial charge in [-0.1, -0.05) is 34.8 Å². The van der Waals surface area contributed by atoms with E-state index in [1.54, 1.807) is 18.2 Å². The van der Waals surface area contributed by atoms with Crippen molar-refractivity contribution in [2.75, 3.05) is 6.54 Å². The fourth-order valence-corrected chi connectivity index (χ4v) is 3.34. The van der Waals surface area contributed by atoms with Crippen molar-refractivity contribution in [3.63, 3.8) is 0 Å². The maximum atomic E-state index is 10.2. The van der Waals surface area contributed by atoms with Crippen molar-refractivity contribution >= 4 is 46.1 Å². The number of hydrogen-bond acceptors (Lipinski definition) is 3. The smallest absolute Gasteiger partial charge is 0.0931 e. The fraction of sp³-hybridized carbons (Fsp3) is 0.286. The second kappa shape index (κ2) is 7.12. The Morgan fingerprint density at radius 1 is 1.20 bits per heavy atom. The molecule has 2 rings (SSSR count). The molecule has 0 aliphatic rings. The molecular formula is C14H14Cl3NOS.